The Balaban J connectivity index is 2.47. The smallest absolute Gasteiger partial charge is 0.172 e. The van der Waals surface area contributed by atoms with E-state index >= 15 is 0 Å². The van der Waals surface area contributed by atoms with Crippen molar-refractivity contribution in [1.82, 2.24) is 0 Å². The van der Waals surface area contributed by atoms with Crippen LogP contribution in [0.2, 0.25) is 0 Å². The Morgan fingerprint density at radius 1 is 0.765 bits per heavy atom. The molecule has 0 fully saturated rings. The van der Waals surface area contributed by atoms with Crippen LogP contribution in [-0.4, -0.2) is 16.5 Å². The molecular weight excluding hydrogens is 212 g/mol. The van der Waals surface area contributed by atoms with Crippen LogP contribution in [0.25, 0.3) is 5.57 Å². The van der Waals surface area contributed by atoms with Crippen LogP contribution in [0.15, 0.2) is 66.7 Å². The molecule has 86 valence electrons. The molecule has 0 saturated carbocycles. The molecule has 2 aromatic rings. The first-order valence-electron chi connectivity index (χ1n) is 5.46. The van der Waals surface area contributed by atoms with Crippen molar-refractivity contribution in [1.29, 1.82) is 0 Å². The third kappa shape index (κ3) is 3.03. The minimum Gasteiger partial charge on any atom is -0.365 e. The fourth-order valence-corrected chi connectivity index (χ4v) is 1.74. The molecule has 17 heavy (non-hydrogen) atoms. The van der Waals surface area contributed by atoms with E-state index in [-0.39, 0.29) is 0 Å². The van der Waals surface area contributed by atoms with Crippen LogP contribution in [0.5, 0.6) is 0 Å². The molecular formula is C15H14O2. The highest BCUT2D eigenvalue weighted by molar-refractivity contribution is 5.79. The lowest BCUT2D eigenvalue weighted by Gasteiger charge is -2.09. The van der Waals surface area contributed by atoms with Crippen molar-refractivity contribution in [3.63, 3.8) is 0 Å². The number of benzene rings is 2. The first-order valence-corrected chi connectivity index (χ1v) is 5.46. The van der Waals surface area contributed by atoms with E-state index < -0.39 is 6.29 Å². The summed E-state index contributed by atoms with van der Waals surface area (Å²) in [6.07, 6.45) is -0.0181. The zero-order chi connectivity index (χ0) is 12.1. The molecule has 0 unspecified atom stereocenters. The van der Waals surface area contributed by atoms with Crippen molar-refractivity contribution in [2.45, 2.75) is 6.29 Å². The molecule has 0 amide bonds. The van der Waals surface area contributed by atoms with Crippen LogP contribution in [0.4, 0.5) is 0 Å². The van der Waals surface area contributed by atoms with Crippen molar-refractivity contribution in [2.24, 2.45) is 0 Å². The quantitative estimate of drug-likeness (QED) is 0.789. The molecule has 2 N–H and O–H groups in total. The second-order valence-corrected chi connectivity index (χ2v) is 3.73. The van der Waals surface area contributed by atoms with E-state index in [9.17, 15) is 0 Å². The number of hydrogen-bond acceptors (Lipinski definition) is 2. The van der Waals surface area contributed by atoms with Crippen LogP contribution >= 0.6 is 0 Å². The van der Waals surface area contributed by atoms with E-state index in [4.69, 9.17) is 10.2 Å². The van der Waals surface area contributed by atoms with Crippen molar-refractivity contribution >= 4 is 5.57 Å². The SMILES string of the molecule is OC(O)C=C(c1ccccc1)c1ccccc1. The number of hydrogen-bond donors (Lipinski definition) is 2. The summed E-state index contributed by atoms with van der Waals surface area (Å²) >= 11 is 0. The zero-order valence-electron chi connectivity index (χ0n) is 9.32. The van der Waals surface area contributed by atoms with E-state index in [1.54, 1.807) is 0 Å². The van der Waals surface area contributed by atoms with E-state index in [2.05, 4.69) is 0 Å². The molecule has 2 nitrogen and oxygen atoms in total. The molecule has 0 aromatic heterocycles. The van der Waals surface area contributed by atoms with Gasteiger partial charge in [-0.1, -0.05) is 60.7 Å². The van der Waals surface area contributed by atoms with Crippen molar-refractivity contribution in [3.8, 4) is 0 Å². The molecule has 0 spiro atoms. The topological polar surface area (TPSA) is 40.5 Å². The Bertz CT molecular complexity index is 445. The van der Waals surface area contributed by atoms with Crippen molar-refractivity contribution in [2.75, 3.05) is 0 Å². The first-order chi connectivity index (χ1) is 8.27. The molecule has 0 radical (unpaired) electrons. The molecule has 0 saturated heterocycles. The molecule has 0 aliphatic heterocycles. The van der Waals surface area contributed by atoms with Crippen LogP contribution in [0.3, 0.4) is 0 Å². The summed E-state index contributed by atoms with van der Waals surface area (Å²) in [4.78, 5) is 0. The Morgan fingerprint density at radius 2 is 1.18 bits per heavy atom. The molecule has 2 rings (SSSR count). The minimum absolute atomic E-state index is 0.821. The predicted molar refractivity (Wildman–Crippen MR) is 68.2 cm³/mol. The van der Waals surface area contributed by atoms with Gasteiger partial charge in [0.25, 0.3) is 0 Å². The number of aliphatic hydroxyl groups is 2. The molecule has 2 heteroatoms. The Morgan fingerprint density at radius 3 is 1.53 bits per heavy atom. The van der Waals surface area contributed by atoms with Gasteiger partial charge in [0, 0.05) is 0 Å². The number of aliphatic hydroxyl groups excluding tert-OH is 1. The van der Waals surface area contributed by atoms with E-state index in [0.717, 1.165) is 16.7 Å². The van der Waals surface area contributed by atoms with E-state index in [1.807, 2.05) is 60.7 Å². The van der Waals surface area contributed by atoms with Gasteiger partial charge >= 0.3 is 0 Å². The van der Waals surface area contributed by atoms with Crippen LogP contribution < -0.4 is 0 Å². The monoisotopic (exact) mass is 226 g/mol. The van der Waals surface area contributed by atoms with E-state index in [0.29, 0.717) is 0 Å². The lowest BCUT2D eigenvalue weighted by molar-refractivity contribution is 0.00280. The lowest BCUT2D eigenvalue weighted by Crippen LogP contribution is -2.01. The fraction of sp³-hybridized carbons (Fsp3) is 0.0667. The highest BCUT2D eigenvalue weighted by Gasteiger charge is 2.05. The Hall–Kier alpha value is -1.90. The summed E-state index contributed by atoms with van der Waals surface area (Å²) in [5, 5.41) is 18.2. The second kappa shape index (κ2) is 5.43. The molecule has 0 bridgehead atoms. The van der Waals surface area contributed by atoms with E-state index in [1.165, 1.54) is 6.08 Å². The maximum Gasteiger partial charge on any atom is 0.172 e. The maximum absolute atomic E-state index is 9.12. The third-order valence-electron chi connectivity index (χ3n) is 2.49. The van der Waals surface area contributed by atoms with Crippen molar-refractivity contribution < 1.29 is 10.2 Å². The van der Waals surface area contributed by atoms with Gasteiger partial charge in [-0.15, -0.1) is 0 Å². The van der Waals surface area contributed by atoms with Gasteiger partial charge < -0.3 is 10.2 Å². The predicted octanol–water partition coefficient (Wildman–Crippen LogP) is 2.43. The van der Waals surface area contributed by atoms with Crippen LogP contribution in [0, 0.1) is 0 Å². The molecule has 0 aliphatic rings. The van der Waals surface area contributed by atoms with Gasteiger partial charge in [0.2, 0.25) is 0 Å². The second-order valence-electron chi connectivity index (χ2n) is 3.73. The summed E-state index contributed by atoms with van der Waals surface area (Å²) < 4.78 is 0. The highest BCUT2D eigenvalue weighted by Crippen LogP contribution is 2.23. The van der Waals surface area contributed by atoms with Gasteiger partial charge in [-0.25, -0.2) is 0 Å². The van der Waals surface area contributed by atoms with Gasteiger partial charge in [0.05, 0.1) is 0 Å². The first kappa shape index (κ1) is 11.6. The van der Waals surface area contributed by atoms with Crippen LogP contribution in [-0.2, 0) is 0 Å². The molecule has 2 aromatic carbocycles. The van der Waals surface area contributed by atoms with Gasteiger partial charge in [0.1, 0.15) is 0 Å². The van der Waals surface area contributed by atoms with Gasteiger partial charge in [0.15, 0.2) is 6.29 Å². The summed E-state index contributed by atoms with van der Waals surface area (Å²) in [7, 11) is 0. The number of rotatable bonds is 3. The van der Waals surface area contributed by atoms with Crippen molar-refractivity contribution in [3.05, 3.63) is 77.9 Å². The Labute approximate surface area is 100 Å². The lowest BCUT2D eigenvalue weighted by atomic mass is 9.97. The zero-order valence-corrected chi connectivity index (χ0v) is 9.32. The fourth-order valence-electron chi connectivity index (χ4n) is 1.74. The average Bonchev–Trinajstić information content (AvgIpc) is 2.38. The largest absolute Gasteiger partial charge is 0.365 e. The molecule has 0 aliphatic carbocycles. The molecule has 0 atom stereocenters. The maximum atomic E-state index is 9.12. The Kier molecular flexibility index (Phi) is 3.70. The van der Waals surface area contributed by atoms with Gasteiger partial charge in [-0.3, -0.25) is 0 Å². The summed E-state index contributed by atoms with van der Waals surface area (Å²) in [6, 6.07) is 19.4. The standard InChI is InChI=1S/C15H14O2/c16-15(17)11-14(12-7-3-1-4-8-12)13-9-5-2-6-10-13/h1-11,15-17H. The van der Waals surface area contributed by atoms with Gasteiger partial charge in [-0.2, -0.15) is 0 Å². The van der Waals surface area contributed by atoms with Gasteiger partial charge in [-0.05, 0) is 22.8 Å². The summed E-state index contributed by atoms with van der Waals surface area (Å²) in [5.74, 6) is 0. The minimum atomic E-state index is -1.45. The third-order valence-corrected chi connectivity index (χ3v) is 2.49. The average molecular weight is 226 g/mol. The highest BCUT2D eigenvalue weighted by atomic mass is 16.5. The summed E-state index contributed by atoms with van der Waals surface area (Å²) in [5.41, 5.74) is 2.75. The summed E-state index contributed by atoms with van der Waals surface area (Å²) in [6.45, 7) is 0. The molecule has 0 heterocycles. The van der Waals surface area contributed by atoms with Crippen LogP contribution in [0.1, 0.15) is 11.1 Å². The normalized spacial score (nSPS) is 10.3.